The van der Waals surface area contributed by atoms with Gasteiger partial charge in [0.05, 0.1) is 0 Å². The first-order chi connectivity index (χ1) is 8.79. The summed E-state index contributed by atoms with van der Waals surface area (Å²) < 4.78 is 0. The Balaban J connectivity index is 1.29. The topological polar surface area (TPSA) is 15.3 Å². The molecule has 0 spiro atoms. The van der Waals surface area contributed by atoms with Crippen LogP contribution in [-0.4, -0.2) is 36.6 Å². The molecular formula is C16H28N2. The quantitative estimate of drug-likeness (QED) is 0.826. The first-order valence-electron chi connectivity index (χ1n) is 8.25. The summed E-state index contributed by atoms with van der Waals surface area (Å²) in [6, 6.07) is 2.72. The van der Waals surface area contributed by atoms with Crippen molar-refractivity contribution in [3.63, 3.8) is 0 Å². The molecule has 1 N–H and O–H groups in total. The van der Waals surface area contributed by atoms with E-state index in [2.05, 4.69) is 17.3 Å². The monoisotopic (exact) mass is 248 g/mol. The van der Waals surface area contributed by atoms with Crippen molar-refractivity contribution < 1.29 is 0 Å². The normalized spacial score (nSPS) is 51.2. The van der Waals surface area contributed by atoms with Crippen LogP contribution in [0.1, 0.15) is 51.4 Å². The second-order valence-corrected chi connectivity index (χ2v) is 7.58. The second-order valence-electron chi connectivity index (χ2n) is 7.58. The summed E-state index contributed by atoms with van der Waals surface area (Å²) in [7, 11) is 2.35. The van der Waals surface area contributed by atoms with E-state index in [1.807, 2.05) is 0 Å². The number of hydrogen-bond acceptors (Lipinski definition) is 2. The Morgan fingerprint density at radius 2 is 1.72 bits per heavy atom. The van der Waals surface area contributed by atoms with Crippen LogP contribution in [0.15, 0.2) is 0 Å². The van der Waals surface area contributed by atoms with Crippen LogP contribution in [-0.2, 0) is 0 Å². The van der Waals surface area contributed by atoms with Gasteiger partial charge in [-0.25, -0.2) is 0 Å². The summed E-state index contributed by atoms with van der Waals surface area (Å²) in [5.74, 6) is 3.09. The van der Waals surface area contributed by atoms with E-state index in [0.717, 1.165) is 35.9 Å². The summed E-state index contributed by atoms with van der Waals surface area (Å²) in [5, 5.41) is 3.95. The SMILES string of the molecule is CN1C2CCC1CC(CNC1CC3CCC1C3)C2. The molecule has 2 nitrogen and oxygen atoms in total. The van der Waals surface area contributed by atoms with E-state index in [1.165, 1.54) is 57.9 Å². The van der Waals surface area contributed by atoms with Gasteiger partial charge in [0.25, 0.3) is 0 Å². The molecule has 4 bridgehead atoms. The molecule has 0 aromatic carbocycles. The van der Waals surface area contributed by atoms with Gasteiger partial charge in [0.1, 0.15) is 0 Å². The molecule has 0 amide bonds. The van der Waals surface area contributed by atoms with E-state index >= 15 is 0 Å². The lowest BCUT2D eigenvalue weighted by atomic mass is 9.89. The van der Waals surface area contributed by atoms with E-state index in [0.29, 0.717) is 0 Å². The highest BCUT2D eigenvalue weighted by Crippen LogP contribution is 2.44. The van der Waals surface area contributed by atoms with Crippen LogP contribution in [0.2, 0.25) is 0 Å². The molecule has 4 aliphatic rings. The highest BCUT2D eigenvalue weighted by Gasteiger charge is 2.41. The van der Waals surface area contributed by atoms with E-state index in [-0.39, 0.29) is 0 Å². The van der Waals surface area contributed by atoms with Gasteiger partial charge in [-0.2, -0.15) is 0 Å². The van der Waals surface area contributed by atoms with Crippen molar-refractivity contribution in [3.8, 4) is 0 Å². The van der Waals surface area contributed by atoms with Gasteiger partial charge in [0, 0.05) is 18.1 Å². The highest BCUT2D eigenvalue weighted by molar-refractivity contribution is 4.97. The van der Waals surface area contributed by atoms with Crippen molar-refractivity contribution in [3.05, 3.63) is 0 Å². The Hall–Kier alpha value is -0.0800. The minimum absolute atomic E-state index is 0.890. The summed E-state index contributed by atoms with van der Waals surface area (Å²) in [6.07, 6.45) is 11.9. The first-order valence-corrected chi connectivity index (χ1v) is 8.25. The molecule has 18 heavy (non-hydrogen) atoms. The molecule has 4 fully saturated rings. The predicted molar refractivity (Wildman–Crippen MR) is 74.5 cm³/mol. The molecule has 0 radical (unpaired) electrons. The fourth-order valence-corrected chi connectivity index (χ4v) is 5.50. The van der Waals surface area contributed by atoms with Crippen molar-refractivity contribution in [1.82, 2.24) is 10.2 Å². The molecule has 2 heteroatoms. The lowest BCUT2D eigenvalue weighted by Crippen LogP contribution is -2.44. The van der Waals surface area contributed by atoms with Gasteiger partial charge in [-0.3, -0.25) is 0 Å². The van der Waals surface area contributed by atoms with Gasteiger partial charge >= 0.3 is 0 Å². The van der Waals surface area contributed by atoms with Crippen molar-refractivity contribution in [2.45, 2.75) is 69.5 Å². The number of piperidine rings is 1. The molecule has 4 rings (SSSR count). The fraction of sp³-hybridized carbons (Fsp3) is 1.00. The summed E-state index contributed by atoms with van der Waals surface area (Å²) in [5.41, 5.74) is 0. The number of hydrogen-bond donors (Lipinski definition) is 1. The summed E-state index contributed by atoms with van der Waals surface area (Å²) >= 11 is 0. The number of fused-ring (bicyclic) bond motifs is 4. The van der Waals surface area contributed by atoms with Crippen LogP contribution in [0.3, 0.4) is 0 Å². The molecule has 0 aromatic heterocycles. The average Bonchev–Trinajstić information content (AvgIpc) is 3.02. The molecule has 0 aromatic rings. The summed E-state index contributed by atoms with van der Waals surface area (Å²) in [4.78, 5) is 2.66. The minimum atomic E-state index is 0.890. The molecule has 2 aliphatic heterocycles. The van der Waals surface area contributed by atoms with E-state index in [4.69, 9.17) is 0 Å². The summed E-state index contributed by atoms with van der Waals surface area (Å²) in [6.45, 7) is 1.31. The zero-order valence-electron chi connectivity index (χ0n) is 11.8. The Morgan fingerprint density at radius 3 is 2.33 bits per heavy atom. The zero-order chi connectivity index (χ0) is 12.1. The average molecular weight is 248 g/mol. The van der Waals surface area contributed by atoms with Crippen LogP contribution < -0.4 is 5.32 Å². The van der Waals surface area contributed by atoms with Gasteiger partial charge in [0.2, 0.25) is 0 Å². The van der Waals surface area contributed by atoms with Gasteiger partial charge in [0.15, 0.2) is 0 Å². The Morgan fingerprint density at radius 1 is 0.944 bits per heavy atom. The van der Waals surface area contributed by atoms with Crippen LogP contribution in [0.5, 0.6) is 0 Å². The molecule has 2 aliphatic carbocycles. The van der Waals surface area contributed by atoms with E-state index < -0.39 is 0 Å². The maximum atomic E-state index is 3.95. The fourth-order valence-electron chi connectivity index (χ4n) is 5.50. The highest BCUT2D eigenvalue weighted by atomic mass is 15.2. The van der Waals surface area contributed by atoms with Crippen LogP contribution in [0, 0.1) is 17.8 Å². The zero-order valence-corrected chi connectivity index (χ0v) is 11.8. The molecule has 2 heterocycles. The Labute approximate surface area is 111 Å². The maximum absolute atomic E-state index is 3.95. The third-order valence-corrected chi connectivity index (χ3v) is 6.60. The standard InChI is InChI=1S/C16H28N2/c1-18-14-4-5-15(18)8-12(7-14)10-17-16-9-11-2-3-13(16)6-11/h11-17H,2-10H2,1H3. The van der Waals surface area contributed by atoms with Gasteiger partial charge < -0.3 is 10.2 Å². The van der Waals surface area contributed by atoms with Crippen molar-refractivity contribution in [1.29, 1.82) is 0 Å². The largest absolute Gasteiger partial charge is 0.313 e. The third kappa shape index (κ3) is 1.92. The number of nitrogens with one attached hydrogen (secondary N) is 1. The molecule has 5 unspecified atom stereocenters. The molecule has 5 atom stereocenters. The van der Waals surface area contributed by atoms with Gasteiger partial charge in [-0.15, -0.1) is 0 Å². The smallest absolute Gasteiger partial charge is 0.00988 e. The van der Waals surface area contributed by atoms with Crippen LogP contribution in [0.25, 0.3) is 0 Å². The lowest BCUT2D eigenvalue weighted by Gasteiger charge is -2.37. The Kier molecular flexibility index (Phi) is 2.92. The van der Waals surface area contributed by atoms with Crippen molar-refractivity contribution in [2.24, 2.45) is 17.8 Å². The first kappa shape index (κ1) is 11.7. The van der Waals surface area contributed by atoms with E-state index in [1.54, 1.807) is 0 Å². The number of rotatable bonds is 3. The molecular weight excluding hydrogens is 220 g/mol. The predicted octanol–water partition coefficient (Wildman–Crippen LogP) is 2.64. The van der Waals surface area contributed by atoms with Crippen LogP contribution in [0.4, 0.5) is 0 Å². The maximum Gasteiger partial charge on any atom is 0.00988 e. The number of nitrogens with zero attached hydrogens (tertiary/aromatic N) is 1. The molecule has 102 valence electrons. The van der Waals surface area contributed by atoms with E-state index in [9.17, 15) is 0 Å². The van der Waals surface area contributed by atoms with Crippen LogP contribution >= 0.6 is 0 Å². The van der Waals surface area contributed by atoms with Gasteiger partial charge in [-0.1, -0.05) is 6.42 Å². The van der Waals surface area contributed by atoms with Gasteiger partial charge in [-0.05, 0) is 76.3 Å². The second kappa shape index (κ2) is 4.49. The molecule has 2 saturated heterocycles. The van der Waals surface area contributed by atoms with Crippen molar-refractivity contribution in [2.75, 3.05) is 13.6 Å². The minimum Gasteiger partial charge on any atom is -0.313 e. The Bertz CT molecular complexity index is 302. The third-order valence-electron chi connectivity index (χ3n) is 6.60. The lowest BCUT2D eigenvalue weighted by molar-refractivity contribution is 0.129. The van der Waals surface area contributed by atoms with Crippen molar-refractivity contribution >= 4 is 0 Å². The molecule has 2 saturated carbocycles.